The largest absolute Gasteiger partial charge is 0.453 e. The third-order valence-corrected chi connectivity index (χ3v) is 5.48. The molecule has 1 aromatic heterocycles. The van der Waals surface area contributed by atoms with Gasteiger partial charge >= 0.3 is 6.09 Å². The van der Waals surface area contributed by atoms with Gasteiger partial charge in [-0.05, 0) is 55.4 Å². The molecule has 0 N–H and O–H groups in total. The Kier molecular flexibility index (Phi) is 4.49. The van der Waals surface area contributed by atoms with Crippen molar-refractivity contribution in [2.75, 3.05) is 20.2 Å². The van der Waals surface area contributed by atoms with Crippen molar-refractivity contribution in [3.63, 3.8) is 0 Å². The van der Waals surface area contributed by atoms with Crippen molar-refractivity contribution in [1.29, 1.82) is 0 Å². The van der Waals surface area contributed by atoms with Crippen LogP contribution in [0.5, 0.6) is 0 Å². The first-order valence-electron chi connectivity index (χ1n) is 9.26. The molecule has 26 heavy (non-hydrogen) atoms. The Morgan fingerprint density at radius 2 is 1.85 bits per heavy atom. The van der Waals surface area contributed by atoms with Gasteiger partial charge in [-0.15, -0.1) is 0 Å². The lowest BCUT2D eigenvalue weighted by molar-refractivity contribution is 0.120. The summed E-state index contributed by atoms with van der Waals surface area (Å²) < 4.78 is 4.87. The highest BCUT2D eigenvalue weighted by Crippen LogP contribution is 2.37. The van der Waals surface area contributed by atoms with Gasteiger partial charge in [0.05, 0.1) is 12.8 Å². The number of fused-ring (bicyclic) bond motifs is 2. The van der Waals surface area contributed by atoms with Crippen LogP contribution in [0.3, 0.4) is 0 Å². The monoisotopic (exact) mass is 348 g/mol. The molecule has 4 rings (SSSR count). The predicted molar refractivity (Wildman–Crippen MR) is 102 cm³/mol. The minimum atomic E-state index is -0.232. The fraction of sp³-hybridized carbons (Fsp3) is 0.364. The molecule has 0 unspecified atom stereocenters. The van der Waals surface area contributed by atoms with Crippen molar-refractivity contribution in [1.82, 2.24) is 9.88 Å². The Balaban J connectivity index is 1.81. The van der Waals surface area contributed by atoms with Crippen LogP contribution in [0.1, 0.15) is 40.8 Å². The fourth-order valence-corrected chi connectivity index (χ4v) is 4.13. The van der Waals surface area contributed by atoms with E-state index < -0.39 is 0 Å². The summed E-state index contributed by atoms with van der Waals surface area (Å²) in [4.78, 5) is 18.4. The minimum absolute atomic E-state index is 0.232. The second kappa shape index (κ2) is 6.94. The molecule has 1 amide bonds. The Morgan fingerprint density at radius 3 is 2.62 bits per heavy atom. The van der Waals surface area contributed by atoms with Crippen LogP contribution in [0.15, 0.2) is 42.1 Å². The number of carbonyl (C=O) groups is 1. The molecule has 0 radical (unpaired) electrons. The first-order chi connectivity index (χ1) is 12.7. The summed E-state index contributed by atoms with van der Waals surface area (Å²) in [6.07, 6.45) is 5.46. The quantitative estimate of drug-likeness (QED) is 0.718. The SMILES string of the molecule is COC(=O)N1CCC(=C2c3ccc(C)cc3CCc3cccnc32)CC1. The second-order valence-electron chi connectivity index (χ2n) is 7.11. The predicted octanol–water partition coefficient (Wildman–Crippen LogP) is 4.15. The Bertz CT molecular complexity index is 875. The van der Waals surface area contributed by atoms with Gasteiger partial charge in [-0.2, -0.15) is 0 Å². The van der Waals surface area contributed by atoms with Gasteiger partial charge in [0, 0.05) is 24.9 Å². The minimum Gasteiger partial charge on any atom is -0.453 e. The summed E-state index contributed by atoms with van der Waals surface area (Å²) >= 11 is 0. The van der Waals surface area contributed by atoms with Gasteiger partial charge in [0.25, 0.3) is 0 Å². The topological polar surface area (TPSA) is 42.4 Å². The van der Waals surface area contributed by atoms with Crippen molar-refractivity contribution in [3.05, 3.63) is 70.0 Å². The van der Waals surface area contributed by atoms with Crippen molar-refractivity contribution in [3.8, 4) is 0 Å². The fourth-order valence-electron chi connectivity index (χ4n) is 4.13. The summed E-state index contributed by atoms with van der Waals surface area (Å²) in [7, 11) is 1.44. The third kappa shape index (κ3) is 3.00. The van der Waals surface area contributed by atoms with Gasteiger partial charge in [-0.25, -0.2) is 4.79 Å². The number of piperidine rings is 1. The highest BCUT2D eigenvalue weighted by atomic mass is 16.5. The van der Waals surface area contributed by atoms with Crippen LogP contribution in [0.4, 0.5) is 4.79 Å². The van der Waals surface area contributed by atoms with Crippen LogP contribution < -0.4 is 0 Å². The number of nitrogens with zero attached hydrogens (tertiary/aromatic N) is 2. The van der Waals surface area contributed by atoms with Gasteiger partial charge in [0.2, 0.25) is 0 Å². The maximum absolute atomic E-state index is 11.8. The summed E-state index contributed by atoms with van der Waals surface area (Å²) in [5.41, 5.74) is 9.15. The Labute approximate surface area is 154 Å². The lowest BCUT2D eigenvalue weighted by atomic mass is 9.88. The van der Waals surface area contributed by atoms with Crippen molar-refractivity contribution < 1.29 is 9.53 Å². The second-order valence-corrected chi connectivity index (χ2v) is 7.11. The molecule has 134 valence electrons. The number of pyridine rings is 1. The lowest BCUT2D eigenvalue weighted by Gasteiger charge is -2.29. The number of ether oxygens (including phenoxy) is 1. The van der Waals surface area contributed by atoms with Gasteiger partial charge in [0.1, 0.15) is 0 Å². The van der Waals surface area contributed by atoms with E-state index in [-0.39, 0.29) is 6.09 Å². The Hall–Kier alpha value is -2.62. The molecule has 0 atom stereocenters. The number of hydrogen-bond donors (Lipinski definition) is 0. The zero-order chi connectivity index (χ0) is 18.1. The van der Waals surface area contributed by atoms with E-state index in [2.05, 4.69) is 31.2 Å². The molecular formula is C22H24N2O2. The maximum Gasteiger partial charge on any atom is 0.409 e. The van der Waals surface area contributed by atoms with Crippen LogP contribution in [0, 0.1) is 6.92 Å². The molecule has 1 aliphatic carbocycles. The molecule has 0 saturated carbocycles. The molecule has 0 spiro atoms. The molecule has 0 bridgehead atoms. The number of amides is 1. The molecule has 4 heteroatoms. The highest BCUT2D eigenvalue weighted by Gasteiger charge is 2.26. The zero-order valence-corrected chi connectivity index (χ0v) is 15.4. The van der Waals surface area contributed by atoms with Gasteiger partial charge < -0.3 is 9.64 Å². The van der Waals surface area contributed by atoms with Gasteiger partial charge in [-0.1, -0.05) is 35.4 Å². The first kappa shape index (κ1) is 16.8. The molecule has 2 aliphatic rings. The van der Waals surface area contributed by atoms with Gasteiger partial charge in [-0.3, -0.25) is 4.98 Å². The smallest absolute Gasteiger partial charge is 0.409 e. The van der Waals surface area contributed by atoms with Gasteiger partial charge in [0.15, 0.2) is 0 Å². The van der Waals surface area contributed by atoms with Crippen LogP contribution >= 0.6 is 0 Å². The number of methoxy groups -OCH3 is 1. The normalized spacial score (nSPS) is 16.6. The van der Waals surface area contributed by atoms with E-state index in [1.165, 1.54) is 40.5 Å². The first-order valence-corrected chi connectivity index (χ1v) is 9.26. The number of aromatic nitrogens is 1. The van der Waals surface area contributed by atoms with E-state index in [1.54, 1.807) is 4.90 Å². The third-order valence-electron chi connectivity index (χ3n) is 5.48. The van der Waals surface area contributed by atoms with E-state index >= 15 is 0 Å². The molecule has 1 aromatic carbocycles. The van der Waals surface area contributed by atoms with Crippen LogP contribution in [0.25, 0.3) is 5.57 Å². The average molecular weight is 348 g/mol. The standard InChI is InChI=1S/C22H24N2O2/c1-15-5-8-19-18(14-15)7-6-17-4-3-11-23-21(17)20(19)16-9-12-24(13-10-16)22(25)26-2/h3-5,8,11,14H,6-7,9-10,12-13H2,1-2H3. The van der Waals surface area contributed by atoms with E-state index in [4.69, 9.17) is 9.72 Å². The molecule has 2 aromatic rings. The van der Waals surface area contributed by atoms with Crippen molar-refractivity contribution in [2.45, 2.75) is 32.6 Å². The summed E-state index contributed by atoms with van der Waals surface area (Å²) in [6, 6.07) is 11.0. The van der Waals surface area contributed by atoms with Crippen LogP contribution in [-0.4, -0.2) is 36.2 Å². The van der Waals surface area contributed by atoms with E-state index in [1.807, 2.05) is 12.3 Å². The summed E-state index contributed by atoms with van der Waals surface area (Å²) in [5.74, 6) is 0. The molecule has 4 nitrogen and oxygen atoms in total. The van der Waals surface area contributed by atoms with Crippen LogP contribution in [0.2, 0.25) is 0 Å². The molecule has 2 heterocycles. The zero-order valence-electron chi connectivity index (χ0n) is 15.4. The summed E-state index contributed by atoms with van der Waals surface area (Å²) in [5, 5.41) is 0. The molecule has 1 saturated heterocycles. The van der Waals surface area contributed by atoms with Crippen molar-refractivity contribution in [2.24, 2.45) is 0 Å². The summed E-state index contributed by atoms with van der Waals surface area (Å²) in [6.45, 7) is 3.56. The molecule has 1 fully saturated rings. The highest BCUT2D eigenvalue weighted by molar-refractivity contribution is 5.84. The Morgan fingerprint density at radius 1 is 1.08 bits per heavy atom. The number of carbonyl (C=O) groups excluding carboxylic acids is 1. The molecule has 1 aliphatic heterocycles. The number of rotatable bonds is 0. The lowest BCUT2D eigenvalue weighted by Crippen LogP contribution is -2.36. The van der Waals surface area contributed by atoms with E-state index in [0.717, 1.165) is 31.4 Å². The molecular weight excluding hydrogens is 324 g/mol. The number of hydrogen-bond acceptors (Lipinski definition) is 3. The number of aryl methyl sites for hydroxylation is 3. The van der Waals surface area contributed by atoms with Crippen LogP contribution in [-0.2, 0) is 17.6 Å². The van der Waals surface area contributed by atoms with E-state index in [9.17, 15) is 4.79 Å². The number of benzene rings is 1. The maximum atomic E-state index is 11.8. The average Bonchev–Trinajstić information content (AvgIpc) is 2.84. The van der Waals surface area contributed by atoms with Crippen molar-refractivity contribution >= 4 is 11.7 Å². The number of likely N-dealkylation sites (tertiary alicyclic amines) is 1. The van der Waals surface area contributed by atoms with E-state index in [0.29, 0.717) is 13.1 Å².